The number of para-hydroxylation sites is 3. The Kier molecular flexibility index (Phi) is 5.73. The Morgan fingerprint density at radius 2 is 1.55 bits per heavy atom. The molecule has 5 rings (SSSR count). The van der Waals surface area contributed by atoms with Crippen LogP contribution in [0.5, 0.6) is 0 Å². The van der Waals surface area contributed by atoms with Crippen LogP contribution < -0.4 is 10.2 Å². The largest absolute Gasteiger partial charge is 0.441 e. The van der Waals surface area contributed by atoms with Gasteiger partial charge in [-0.2, -0.15) is 0 Å². The van der Waals surface area contributed by atoms with Crippen molar-refractivity contribution in [2.75, 3.05) is 29.9 Å². The number of carbonyl (C=O) groups excluding carboxylic acids is 2. The van der Waals surface area contributed by atoms with E-state index in [0.717, 1.165) is 29.9 Å². The number of nitrogens with one attached hydrogen (secondary N) is 1. The van der Waals surface area contributed by atoms with Gasteiger partial charge in [-0.1, -0.05) is 48.5 Å². The Morgan fingerprint density at radius 1 is 0.848 bits per heavy atom. The molecule has 1 atom stereocenters. The van der Waals surface area contributed by atoms with Crippen LogP contribution >= 0.6 is 0 Å². The lowest BCUT2D eigenvalue weighted by Crippen LogP contribution is -2.37. The lowest BCUT2D eigenvalue weighted by molar-refractivity contribution is 0.0439. The molecule has 6 heteroatoms. The normalized spacial score (nSPS) is 20.4. The van der Waals surface area contributed by atoms with E-state index in [0.29, 0.717) is 31.6 Å². The molecule has 1 unspecified atom stereocenters. The predicted octanol–water partition coefficient (Wildman–Crippen LogP) is 5.45. The summed E-state index contributed by atoms with van der Waals surface area (Å²) in [6, 6.07) is 27.0. The van der Waals surface area contributed by atoms with E-state index < -0.39 is 5.60 Å². The predicted molar refractivity (Wildman–Crippen MR) is 129 cm³/mol. The van der Waals surface area contributed by atoms with Crippen LogP contribution in [0.4, 0.5) is 21.9 Å². The molecule has 0 aromatic heterocycles. The summed E-state index contributed by atoms with van der Waals surface area (Å²) in [4.78, 5) is 29.7. The lowest BCUT2D eigenvalue weighted by atomic mass is 9.95. The van der Waals surface area contributed by atoms with Gasteiger partial charge in [-0.05, 0) is 49.2 Å². The quantitative estimate of drug-likeness (QED) is 0.585. The van der Waals surface area contributed by atoms with Gasteiger partial charge in [0.05, 0.1) is 17.8 Å². The first-order valence-corrected chi connectivity index (χ1v) is 11.4. The highest BCUT2D eigenvalue weighted by molar-refractivity contribution is 6.00. The smallest absolute Gasteiger partial charge is 0.415 e. The first kappa shape index (κ1) is 21.1. The Labute approximate surface area is 193 Å². The van der Waals surface area contributed by atoms with Crippen molar-refractivity contribution in [3.05, 3.63) is 90.5 Å². The molecule has 0 bridgehead atoms. The number of benzene rings is 3. The number of hydrogen-bond acceptors (Lipinski definition) is 4. The molecule has 33 heavy (non-hydrogen) atoms. The fourth-order valence-corrected chi connectivity index (χ4v) is 4.69. The minimum Gasteiger partial charge on any atom is -0.441 e. The van der Waals surface area contributed by atoms with Crippen molar-refractivity contribution in [3.8, 4) is 0 Å². The maximum absolute atomic E-state index is 13.5. The summed E-state index contributed by atoms with van der Waals surface area (Å²) in [7, 11) is 0. The lowest BCUT2D eigenvalue weighted by Gasteiger charge is -2.26. The number of nitrogens with zero attached hydrogens (tertiary/aromatic N) is 2. The molecule has 6 nitrogen and oxygen atoms in total. The third-order valence-electron chi connectivity index (χ3n) is 6.43. The molecule has 3 aromatic carbocycles. The van der Waals surface area contributed by atoms with E-state index in [1.54, 1.807) is 4.90 Å². The minimum absolute atomic E-state index is 0.00433. The van der Waals surface area contributed by atoms with E-state index in [9.17, 15) is 9.59 Å². The molecule has 1 N–H and O–H groups in total. The first-order valence-electron chi connectivity index (χ1n) is 11.4. The standard InChI is InChI=1S/C27H27N3O3/c31-25(23-14-7-8-15-24(23)28-21-10-3-1-4-11-21)29-18-9-16-27(17-19-29)20-30(26(32)33-27)22-12-5-2-6-13-22/h1-8,10-15,28H,9,16-20H2. The van der Waals surface area contributed by atoms with E-state index in [-0.39, 0.29) is 12.0 Å². The highest BCUT2D eigenvalue weighted by atomic mass is 16.6. The van der Waals surface area contributed by atoms with Crippen molar-refractivity contribution in [2.24, 2.45) is 0 Å². The number of rotatable bonds is 4. The van der Waals surface area contributed by atoms with Gasteiger partial charge in [0.1, 0.15) is 5.60 Å². The van der Waals surface area contributed by atoms with Crippen molar-refractivity contribution < 1.29 is 14.3 Å². The van der Waals surface area contributed by atoms with E-state index in [1.807, 2.05) is 89.8 Å². The van der Waals surface area contributed by atoms with Crippen LogP contribution in [0.1, 0.15) is 29.6 Å². The number of amides is 2. The van der Waals surface area contributed by atoms with Gasteiger partial charge in [0.2, 0.25) is 0 Å². The minimum atomic E-state index is -0.552. The number of carbonyl (C=O) groups is 2. The molecule has 2 heterocycles. The summed E-state index contributed by atoms with van der Waals surface area (Å²) in [6.45, 7) is 1.71. The van der Waals surface area contributed by atoms with Gasteiger partial charge in [0.15, 0.2) is 0 Å². The molecule has 2 aliphatic heterocycles. The summed E-state index contributed by atoms with van der Waals surface area (Å²) in [6.07, 6.45) is 1.85. The zero-order valence-electron chi connectivity index (χ0n) is 18.4. The van der Waals surface area contributed by atoms with Crippen molar-refractivity contribution in [1.29, 1.82) is 0 Å². The van der Waals surface area contributed by atoms with Gasteiger partial charge in [0, 0.05) is 30.9 Å². The molecular weight excluding hydrogens is 414 g/mol. The molecule has 1 spiro atoms. The molecule has 2 fully saturated rings. The van der Waals surface area contributed by atoms with Gasteiger partial charge in [-0.15, -0.1) is 0 Å². The molecule has 2 aliphatic rings. The second-order valence-electron chi connectivity index (χ2n) is 8.66. The second-order valence-corrected chi connectivity index (χ2v) is 8.66. The summed E-state index contributed by atoms with van der Waals surface area (Å²) in [5, 5.41) is 3.36. The van der Waals surface area contributed by atoms with Gasteiger partial charge in [-0.25, -0.2) is 4.79 Å². The van der Waals surface area contributed by atoms with Crippen molar-refractivity contribution >= 4 is 29.1 Å². The number of hydrogen-bond donors (Lipinski definition) is 1. The zero-order chi connectivity index (χ0) is 22.7. The summed E-state index contributed by atoms with van der Waals surface area (Å²) in [5.74, 6) is -0.00433. The van der Waals surface area contributed by atoms with Crippen molar-refractivity contribution in [3.63, 3.8) is 0 Å². The van der Waals surface area contributed by atoms with Crippen LogP contribution in [0, 0.1) is 0 Å². The highest BCUT2D eigenvalue weighted by Crippen LogP contribution is 2.36. The Hall–Kier alpha value is -3.80. The van der Waals surface area contributed by atoms with Crippen LogP contribution in [-0.4, -0.2) is 42.1 Å². The SMILES string of the molecule is O=C(c1ccccc1Nc1ccccc1)N1CCCC2(CC1)CN(c1ccccc1)C(=O)O2. The first-order chi connectivity index (χ1) is 16.1. The van der Waals surface area contributed by atoms with Gasteiger partial charge < -0.3 is 15.0 Å². The highest BCUT2D eigenvalue weighted by Gasteiger charge is 2.46. The van der Waals surface area contributed by atoms with Crippen LogP contribution in [-0.2, 0) is 4.74 Å². The average molecular weight is 442 g/mol. The Morgan fingerprint density at radius 3 is 2.33 bits per heavy atom. The Balaban J connectivity index is 1.30. The molecule has 2 saturated heterocycles. The fraction of sp³-hybridized carbons (Fsp3) is 0.259. The van der Waals surface area contributed by atoms with Gasteiger partial charge in [-0.3, -0.25) is 9.69 Å². The van der Waals surface area contributed by atoms with Gasteiger partial charge >= 0.3 is 6.09 Å². The van der Waals surface area contributed by atoms with E-state index in [1.165, 1.54) is 0 Å². The van der Waals surface area contributed by atoms with Gasteiger partial charge in [0.25, 0.3) is 5.91 Å². The number of ether oxygens (including phenoxy) is 1. The molecule has 2 amide bonds. The monoisotopic (exact) mass is 441 g/mol. The molecule has 3 aromatic rings. The average Bonchev–Trinajstić information content (AvgIpc) is 3.04. The molecule has 0 radical (unpaired) electrons. The Bertz CT molecular complexity index is 1140. The van der Waals surface area contributed by atoms with E-state index >= 15 is 0 Å². The summed E-state index contributed by atoms with van der Waals surface area (Å²) < 4.78 is 5.91. The maximum Gasteiger partial charge on any atom is 0.415 e. The second kappa shape index (κ2) is 8.98. The molecular formula is C27H27N3O3. The molecule has 168 valence electrons. The fourth-order valence-electron chi connectivity index (χ4n) is 4.69. The maximum atomic E-state index is 13.5. The van der Waals surface area contributed by atoms with Crippen LogP contribution in [0.2, 0.25) is 0 Å². The van der Waals surface area contributed by atoms with Crippen LogP contribution in [0.15, 0.2) is 84.9 Å². The summed E-state index contributed by atoms with van der Waals surface area (Å²) >= 11 is 0. The third kappa shape index (κ3) is 4.42. The number of likely N-dealkylation sites (tertiary alicyclic amines) is 1. The number of anilines is 3. The molecule has 0 aliphatic carbocycles. The zero-order valence-corrected chi connectivity index (χ0v) is 18.4. The third-order valence-corrected chi connectivity index (χ3v) is 6.43. The van der Waals surface area contributed by atoms with E-state index in [4.69, 9.17) is 4.74 Å². The van der Waals surface area contributed by atoms with E-state index in [2.05, 4.69) is 5.32 Å². The van der Waals surface area contributed by atoms with Crippen molar-refractivity contribution in [2.45, 2.75) is 24.9 Å². The topological polar surface area (TPSA) is 61.9 Å². The van der Waals surface area contributed by atoms with Crippen molar-refractivity contribution in [1.82, 2.24) is 4.90 Å². The van der Waals surface area contributed by atoms with Crippen LogP contribution in [0.3, 0.4) is 0 Å². The summed E-state index contributed by atoms with van der Waals surface area (Å²) in [5.41, 5.74) is 2.66. The van der Waals surface area contributed by atoms with Crippen LogP contribution in [0.25, 0.3) is 0 Å². The molecule has 0 saturated carbocycles.